The van der Waals surface area contributed by atoms with E-state index in [0.29, 0.717) is 0 Å². The number of halogens is 1. The summed E-state index contributed by atoms with van der Waals surface area (Å²) in [5.41, 5.74) is 1.47. The Morgan fingerprint density at radius 1 is 1.43 bits per heavy atom. The summed E-state index contributed by atoms with van der Waals surface area (Å²) in [6, 6.07) is 6.81. The van der Waals surface area contributed by atoms with Crippen LogP contribution >= 0.6 is 45.7 Å². The molecule has 0 atom stereocenters. The van der Waals surface area contributed by atoms with E-state index in [0.717, 1.165) is 6.42 Å². The molecule has 0 N–H and O–H groups in total. The Balaban J connectivity index is 2.75. The first-order valence-electron chi connectivity index (χ1n) is 4.51. The van der Waals surface area contributed by atoms with Crippen LogP contribution < -0.4 is 0 Å². The van der Waals surface area contributed by atoms with Gasteiger partial charge in [0.2, 0.25) is 0 Å². The highest BCUT2D eigenvalue weighted by Crippen LogP contribution is 2.35. The zero-order valence-electron chi connectivity index (χ0n) is 8.13. The van der Waals surface area contributed by atoms with Crippen LogP contribution in [0.15, 0.2) is 23.1 Å². The fraction of sp³-hybridized carbons (Fsp3) is 0.273. The molecule has 0 radical (unpaired) electrons. The zero-order chi connectivity index (χ0) is 10.1. The summed E-state index contributed by atoms with van der Waals surface area (Å²) >= 11 is 6.14. The minimum Gasteiger partial charge on any atom is -0.129 e. The molecule has 2 rings (SSSR count). The Bertz CT molecular complexity index is 460. The normalized spacial score (nSPS) is 11.1. The lowest BCUT2D eigenvalue weighted by Crippen LogP contribution is -1.84. The SMILES string of the molecule is CCc1ccc2sc(I)cc2c1SC. The third-order valence-corrected chi connectivity index (χ3v) is 5.04. The lowest BCUT2D eigenvalue weighted by Gasteiger charge is -2.05. The Hall–Kier alpha value is 0.260. The fourth-order valence-corrected chi connectivity index (χ4v) is 4.36. The van der Waals surface area contributed by atoms with Crippen molar-refractivity contribution in [1.82, 2.24) is 0 Å². The van der Waals surface area contributed by atoms with E-state index in [1.54, 1.807) is 0 Å². The maximum absolute atomic E-state index is 2.40. The summed E-state index contributed by atoms with van der Waals surface area (Å²) in [6.45, 7) is 2.22. The van der Waals surface area contributed by atoms with Crippen LogP contribution in [-0.4, -0.2) is 6.26 Å². The van der Waals surface area contributed by atoms with Gasteiger partial charge in [-0.25, -0.2) is 0 Å². The van der Waals surface area contributed by atoms with E-state index in [-0.39, 0.29) is 0 Å². The van der Waals surface area contributed by atoms with E-state index in [9.17, 15) is 0 Å². The van der Waals surface area contributed by atoms with E-state index >= 15 is 0 Å². The topological polar surface area (TPSA) is 0 Å². The average Bonchev–Trinajstić information content (AvgIpc) is 2.56. The van der Waals surface area contributed by atoms with Crippen LogP contribution in [0.25, 0.3) is 10.1 Å². The smallest absolute Gasteiger partial charge is 0.0666 e. The molecule has 1 heterocycles. The van der Waals surface area contributed by atoms with Gasteiger partial charge in [-0.1, -0.05) is 13.0 Å². The molecule has 0 aliphatic carbocycles. The number of benzene rings is 1. The molecule has 1 aromatic heterocycles. The fourth-order valence-electron chi connectivity index (χ4n) is 1.62. The third-order valence-electron chi connectivity index (χ3n) is 2.29. The third kappa shape index (κ3) is 1.82. The molecule has 0 fully saturated rings. The van der Waals surface area contributed by atoms with E-state index in [2.05, 4.69) is 54.0 Å². The molecular weight excluding hydrogens is 323 g/mol. The monoisotopic (exact) mass is 334 g/mol. The van der Waals surface area contributed by atoms with Crippen LogP contribution in [-0.2, 0) is 6.42 Å². The molecule has 0 spiro atoms. The molecule has 14 heavy (non-hydrogen) atoms. The molecule has 0 amide bonds. The van der Waals surface area contributed by atoms with Crippen LogP contribution in [0.4, 0.5) is 0 Å². The van der Waals surface area contributed by atoms with E-state index in [1.807, 2.05) is 23.1 Å². The van der Waals surface area contributed by atoms with Crippen molar-refractivity contribution in [1.29, 1.82) is 0 Å². The number of aryl methyl sites for hydroxylation is 1. The molecule has 0 nitrogen and oxygen atoms in total. The molecule has 74 valence electrons. The van der Waals surface area contributed by atoms with Crippen molar-refractivity contribution in [3.8, 4) is 0 Å². The minimum atomic E-state index is 1.12. The van der Waals surface area contributed by atoms with Crippen molar-refractivity contribution >= 4 is 55.8 Å². The van der Waals surface area contributed by atoms with Gasteiger partial charge >= 0.3 is 0 Å². The second kappa shape index (κ2) is 4.41. The predicted octanol–water partition coefficient (Wildman–Crippen LogP) is 4.79. The second-order valence-corrected chi connectivity index (χ2v) is 6.87. The quantitative estimate of drug-likeness (QED) is 0.562. The van der Waals surface area contributed by atoms with Crippen LogP contribution in [0.3, 0.4) is 0 Å². The maximum atomic E-state index is 2.40. The van der Waals surface area contributed by atoms with Crippen molar-refractivity contribution in [3.05, 3.63) is 26.6 Å². The summed E-state index contributed by atoms with van der Waals surface area (Å²) < 4.78 is 2.79. The van der Waals surface area contributed by atoms with Gasteiger partial charge in [-0.05, 0) is 53.0 Å². The first kappa shape index (κ1) is 10.8. The van der Waals surface area contributed by atoms with Gasteiger partial charge in [0.25, 0.3) is 0 Å². The van der Waals surface area contributed by atoms with Gasteiger partial charge in [-0.2, -0.15) is 0 Å². The van der Waals surface area contributed by atoms with Gasteiger partial charge in [0, 0.05) is 15.0 Å². The average molecular weight is 334 g/mol. The number of hydrogen-bond acceptors (Lipinski definition) is 2. The Kier molecular flexibility index (Phi) is 3.39. The summed E-state index contributed by atoms with van der Waals surface area (Å²) in [5.74, 6) is 0. The van der Waals surface area contributed by atoms with Gasteiger partial charge in [0.05, 0.1) is 2.88 Å². The van der Waals surface area contributed by atoms with E-state index < -0.39 is 0 Å². The number of hydrogen-bond donors (Lipinski definition) is 0. The predicted molar refractivity (Wildman–Crippen MR) is 75.7 cm³/mol. The lowest BCUT2D eigenvalue weighted by atomic mass is 10.1. The molecule has 2 aromatic rings. The molecule has 0 bridgehead atoms. The van der Waals surface area contributed by atoms with Crippen LogP contribution in [0.2, 0.25) is 0 Å². The van der Waals surface area contributed by atoms with Gasteiger partial charge in [-0.15, -0.1) is 23.1 Å². The van der Waals surface area contributed by atoms with Crippen LogP contribution in [0.1, 0.15) is 12.5 Å². The highest BCUT2D eigenvalue weighted by Gasteiger charge is 2.07. The molecule has 0 unspecified atom stereocenters. The Morgan fingerprint density at radius 3 is 2.86 bits per heavy atom. The summed E-state index contributed by atoms with van der Waals surface area (Å²) in [7, 11) is 0. The molecule has 3 heteroatoms. The first-order valence-corrected chi connectivity index (χ1v) is 7.63. The van der Waals surface area contributed by atoms with Crippen molar-refractivity contribution in [3.63, 3.8) is 0 Å². The number of rotatable bonds is 2. The summed E-state index contributed by atoms with van der Waals surface area (Å²) in [6.07, 6.45) is 3.29. The molecule has 1 aromatic carbocycles. The number of fused-ring (bicyclic) bond motifs is 1. The number of thioether (sulfide) groups is 1. The largest absolute Gasteiger partial charge is 0.129 e. The van der Waals surface area contributed by atoms with E-state index in [4.69, 9.17) is 0 Å². The maximum Gasteiger partial charge on any atom is 0.0666 e. The van der Waals surface area contributed by atoms with Crippen molar-refractivity contribution in [2.75, 3.05) is 6.26 Å². The highest BCUT2D eigenvalue weighted by atomic mass is 127. The van der Waals surface area contributed by atoms with Crippen LogP contribution in [0.5, 0.6) is 0 Å². The second-order valence-electron chi connectivity index (χ2n) is 3.07. The number of thiophene rings is 1. The minimum absolute atomic E-state index is 1.12. The zero-order valence-corrected chi connectivity index (χ0v) is 11.9. The standard InChI is InChI=1S/C11H11IS2/c1-3-7-4-5-9-8(11(7)13-2)6-10(12)14-9/h4-6H,3H2,1-2H3. The van der Waals surface area contributed by atoms with E-state index in [1.165, 1.54) is 23.4 Å². The van der Waals surface area contributed by atoms with Gasteiger partial charge in [0.15, 0.2) is 0 Å². The Labute approximate surface area is 106 Å². The Morgan fingerprint density at radius 2 is 2.21 bits per heavy atom. The van der Waals surface area contributed by atoms with Gasteiger partial charge in [-0.3, -0.25) is 0 Å². The van der Waals surface area contributed by atoms with Crippen LogP contribution in [0, 0.1) is 2.88 Å². The molecule has 0 saturated heterocycles. The first-order chi connectivity index (χ1) is 6.76. The molecule has 0 aliphatic rings. The lowest BCUT2D eigenvalue weighted by molar-refractivity contribution is 1.10. The highest BCUT2D eigenvalue weighted by molar-refractivity contribution is 14.1. The molecule has 0 aliphatic heterocycles. The summed E-state index contributed by atoms with van der Waals surface area (Å²) in [5, 5.41) is 1.44. The van der Waals surface area contributed by atoms with Gasteiger partial charge in [0.1, 0.15) is 0 Å². The molecular formula is C11H11IS2. The molecule has 0 saturated carbocycles. The van der Waals surface area contributed by atoms with Crippen molar-refractivity contribution in [2.24, 2.45) is 0 Å². The van der Waals surface area contributed by atoms with Crippen molar-refractivity contribution < 1.29 is 0 Å². The summed E-state index contributed by atoms with van der Waals surface area (Å²) in [4.78, 5) is 1.46. The van der Waals surface area contributed by atoms with Crippen molar-refractivity contribution in [2.45, 2.75) is 18.2 Å². The van der Waals surface area contributed by atoms with Gasteiger partial charge < -0.3 is 0 Å².